The average molecular weight is 277 g/mol. The van der Waals surface area contributed by atoms with Gasteiger partial charge in [-0.2, -0.15) is 5.10 Å². The van der Waals surface area contributed by atoms with Gasteiger partial charge in [0.2, 0.25) is 0 Å². The number of rotatable bonds is 4. The van der Waals surface area contributed by atoms with Crippen molar-refractivity contribution in [1.82, 2.24) is 10.3 Å². The van der Waals surface area contributed by atoms with Crippen molar-refractivity contribution < 1.29 is 9.18 Å². The number of amides is 1. The highest BCUT2D eigenvalue weighted by Crippen LogP contribution is 2.08. The van der Waals surface area contributed by atoms with Gasteiger partial charge in [-0.05, 0) is 43.6 Å². The molecule has 5 heteroatoms. The molecule has 1 N–H and O–H groups in total. The number of carbonyl (C=O) groups is 1. The van der Waals surface area contributed by atoms with Gasteiger partial charge in [0.25, 0.3) is 5.91 Å². The van der Waals surface area contributed by atoms with Gasteiger partial charge in [-0.3, -0.25) is 9.69 Å². The number of hydrogen-bond donors (Lipinski definition) is 1. The second kappa shape index (κ2) is 7.75. The zero-order chi connectivity index (χ0) is 14.2. The van der Waals surface area contributed by atoms with Crippen molar-refractivity contribution in [2.75, 3.05) is 19.6 Å². The highest BCUT2D eigenvalue weighted by molar-refractivity contribution is 5.83. The van der Waals surface area contributed by atoms with E-state index in [1.165, 1.54) is 31.2 Å². The average Bonchev–Trinajstić information content (AvgIpc) is 2.70. The maximum absolute atomic E-state index is 12.7. The van der Waals surface area contributed by atoms with Crippen LogP contribution in [0.5, 0.6) is 0 Å². The second-order valence-electron chi connectivity index (χ2n) is 5.04. The predicted molar refractivity (Wildman–Crippen MR) is 77.0 cm³/mol. The van der Waals surface area contributed by atoms with Crippen molar-refractivity contribution in [3.63, 3.8) is 0 Å². The van der Waals surface area contributed by atoms with Crippen LogP contribution in [0.3, 0.4) is 0 Å². The number of halogens is 1. The van der Waals surface area contributed by atoms with Crippen LogP contribution < -0.4 is 5.43 Å². The smallest absolute Gasteiger partial charge is 0.254 e. The molecule has 1 fully saturated rings. The molecule has 108 valence electrons. The van der Waals surface area contributed by atoms with E-state index >= 15 is 0 Å². The first kappa shape index (κ1) is 14.7. The largest absolute Gasteiger partial charge is 0.294 e. The van der Waals surface area contributed by atoms with E-state index in [9.17, 15) is 9.18 Å². The van der Waals surface area contributed by atoms with Gasteiger partial charge < -0.3 is 0 Å². The van der Waals surface area contributed by atoms with Crippen molar-refractivity contribution in [3.8, 4) is 0 Å². The number of nitrogens with one attached hydrogen (secondary N) is 1. The van der Waals surface area contributed by atoms with Crippen LogP contribution in [0.2, 0.25) is 0 Å². The van der Waals surface area contributed by atoms with Crippen molar-refractivity contribution >= 4 is 12.1 Å². The van der Waals surface area contributed by atoms with Crippen LogP contribution in [0.4, 0.5) is 4.39 Å². The molecule has 0 aliphatic carbocycles. The number of hydrazone groups is 1. The van der Waals surface area contributed by atoms with E-state index < -0.39 is 0 Å². The molecule has 1 saturated heterocycles. The summed E-state index contributed by atoms with van der Waals surface area (Å²) in [5.41, 5.74) is 3.26. The standard InChI is InChI=1S/C15H20FN3O/c16-14-7-5-13(6-8-14)11-17-18-15(20)12-19-9-3-1-2-4-10-19/h5-8,11H,1-4,9-10,12H2,(H,18,20)/b17-11+. The Morgan fingerprint density at radius 3 is 2.50 bits per heavy atom. The molecule has 1 aliphatic rings. The summed E-state index contributed by atoms with van der Waals surface area (Å²) in [4.78, 5) is 13.9. The SMILES string of the molecule is O=C(CN1CCCCCC1)N/N=C/c1ccc(F)cc1. The van der Waals surface area contributed by atoms with E-state index in [4.69, 9.17) is 0 Å². The lowest BCUT2D eigenvalue weighted by molar-refractivity contribution is -0.122. The topological polar surface area (TPSA) is 44.7 Å². The summed E-state index contributed by atoms with van der Waals surface area (Å²) in [6.45, 7) is 2.35. The number of nitrogens with zero attached hydrogens (tertiary/aromatic N) is 2. The number of carbonyl (C=O) groups excluding carboxylic acids is 1. The lowest BCUT2D eigenvalue weighted by atomic mass is 10.2. The van der Waals surface area contributed by atoms with Gasteiger partial charge in [-0.1, -0.05) is 25.0 Å². The van der Waals surface area contributed by atoms with Gasteiger partial charge in [0.1, 0.15) is 5.82 Å². The fourth-order valence-corrected chi connectivity index (χ4v) is 2.26. The third-order valence-corrected chi connectivity index (χ3v) is 3.34. The molecular weight excluding hydrogens is 257 g/mol. The number of hydrogen-bond acceptors (Lipinski definition) is 3. The zero-order valence-corrected chi connectivity index (χ0v) is 11.5. The van der Waals surface area contributed by atoms with Gasteiger partial charge in [-0.25, -0.2) is 9.82 Å². The normalized spacial score (nSPS) is 17.1. The minimum absolute atomic E-state index is 0.106. The van der Waals surface area contributed by atoms with E-state index in [-0.39, 0.29) is 11.7 Å². The Morgan fingerprint density at radius 2 is 1.85 bits per heavy atom. The molecule has 0 aromatic heterocycles. The molecule has 0 spiro atoms. The summed E-state index contributed by atoms with van der Waals surface area (Å²) in [7, 11) is 0. The summed E-state index contributed by atoms with van der Waals surface area (Å²) in [5, 5.41) is 3.89. The Bertz CT molecular complexity index is 451. The Hall–Kier alpha value is -1.75. The molecule has 20 heavy (non-hydrogen) atoms. The second-order valence-corrected chi connectivity index (χ2v) is 5.04. The van der Waals surface area contributed by atoms with Crippen LogP contribution in [0.25, 0.3) is 0 Å². The Balaban J connectivity index is 1.75. The Morgan fingerprint density at radius 1 is 1.20 bits per heavy atom. The minimum Gasteiger partial charge on any atom is -0.294 e. The van der Waals surface area contributed by atoms with Crippen molar-refractivity contribution in [2.45, 2.75) is 25.7 Å². The fraction of sp³-hybridized carbons (Fsp3) is 0.467. The van der Waals surface area contributed by atoms with Gasteiger partial charge in [0, 0.05) is 0 Å². The first-order valence-electron chi connectivity index (χ1n) is 7.04. The molecule has 1 aromatic carbocycles. The summed E-state index contributed by atoms with van der Waals surface area (Å²) in [6, 6.07) is 5.94. The lowest BCUT2D eigenvalue weighted by Crippen LogP contribution is -2.35. The third-order valence-electron chi connectivity index (χ3n) is 3.34. The highest BCUT2D eigenvalue weighted by atomic mass is 19.1. The van der Waals surface area contributed by atoms with E-state index in [2.05, 4.69) is 15.4 Å². The first-order valence-corrected chi connectivity index (χ1v) is 7.04. The molecule has 1 amide bonds. The number of benzene rings is 1. The Labute approximate surface area is 118 Å². The van der Waals surface area contributed by atoms with Crippen LogP contribution >= 0.6 is 0 Å². The predicted octanol–water partition coefficient (Wildman–Crippen LogP) is 2.15. The monoisotopic (exact) mass is 277 g/mol. The van der Waals surface area contributed by atoms with Gasteiger partial charge in [-0.15, -0.1) is 0 Å². The van der Waals surface area contributed by atoms with Crippen LogP contribution in [-0.4, -0.2) is 36.7 Å². The molecular formula is C15H20FN3O. The molecule has 0 atom stereocenters. The van der Waals surface area contributed by atoms with Gasteiger partial charge in [0.05, 0.1) is 12.8 Å². The van der Waals surface area contributed by atoms with Crippen molar-refractivity contribution in [3.05, 3.63) is 35.6 Å². The van der Waals surface area contributed by atoms with Gasteiger partial charge in [0.15, 0.2) is 0 Å². The maximum atomic E-state index is 12.7. The molecule has 0 radical (unpaired) electrons. The summed E-state index contributed by atoms with van der Waals surface area (Å²) in [5.74, 6) is -0.391. The molecule has 1 heterocycles. The molecule has 1 aromatic rings. The van der Waals surface area contributed by atoms with Crippen LogP contribution in [-0.2, 0) is 4.79 Å². The van der Waals surface area contributed by atoms with Crippen LogP contribution in [0.15, 0.2) is 29.4 Å². The molecule has 2 rings (SSSR count). The summed E-state index contributed by atoms with van der Waals surface area (Å²) < 4.78 is 12.7. The van der Waals surface area contributed by atoms with Crippen molar-refractivity contribution in [1.29, 1.82) is 0 Å². The van der Waals surface area contributed by atoms with Crippen molar-refractivity contribution in [2.24, 2.45) is 5.10 Å². The van der Waals surface area contributed by atoms with Crippen LogP contribution in [0, 0.1) is 5.82 Å². The first-order chi connectivity index (χ1) is 9.74. The zero-order valence-electron chi connectivity index (χ0n) is 11.5. The minimum atomic E-state index is -0.285. The highest BCUT2D eigenvalue weighted by Gasteiger charge is 2.12. The van der Waals surface area contributed by atoms with E-state index in [1.54, 1.807) is 12.1 Å². The van der Waals surface area contributed by atoms with E-state index in [0.29, 0.717) is 6.54 Å². The molecule has 0 saturated carbocycles. The maximum Gasteiger partial charge on any atom is 0.254 e. The summed E-state index contributed by atoms with van der Waals surface area (Å²) in [6.07, 6.45) is 6.33. The molecule has 0 unspecified atom stereocenters. The van der Waals surface area contributed by atoms with Gasteiger partial charge >= 0.3 is 0 Å². The van der Waals surface area contributed by atoms with Crippen LogP contribution in [0.1, 0.15) is 31.2 Å². The molecule has 4 nitrogen and oxygen atoms in total. The fourth-order valence-electron chi connectivity index (χ4n) is 2.26. The quantitative estimate of drug-likeness (QED) is 0.677. The van der Waals surface area contributed by atoms with E-state index in [1.807, 2.05) is 0 Å². The third kappa shape index (κ3) is 5.09. The van der Waals surface area contributed by atoms with E-state index in [0.717, 1.165) is 31.5 Å². The molecule has 0 bridgehead atoms. The molecule has 1 aliphatic heterocycles. The number of likely N-dealkylation sites (tertiary alicyclic amines) is 1. The Kier molecular flexibility index (Phi) is 5.68. The summed E-state index contributed by atoms with van der Waals surface area (Å²) >= 11 is 0. The lowest BCUT2D eigenvalue weighted by Gasteiger charge is -2.17.